The molecule has 0 amide bonds. The Balaban J connectivity index is 1.98. The molecule has 0 radical (unpaired) electrons. The summed E-state index contributed by atoms with van der Waals surface area (Å²) in [7, 11) is 0. The zero-order chi connectivity index (χ0) is 15.2. The maximum Gasteiger partial charge on any atom is 0.316 e. The van der Waals surface area contributed by atoms with Gasteiger partial charge in [-0.1, -0.05) is 24.3 Å². The average Bonchev–Trinajstić information content (AvgIpc) is 2.72. The molecule has 3 nitrogen and oxygen atoms in total. The second-order valence-electron chi connectivity index (χ2n) is 6.22. The van der Waals surface area contributed by atoms with Gasteiger partial charge in [0.25, 0.3) is 0 Å². The van der Waals surface area contributed by atoms with Gasteiger partial charge in [-0.05, 0) is 50.1 Å². The highest BCUT2D eigenvalue weighted by Crippen LogP contribution is 2.38. The molecule has 1 aliphatic carbocycles. The fourth-order valence-electron chi connectivity index (χ4n) is 2.33. The van der Waals surface area contributed by atoms with Gasteiger partial charge in [0.05, 0.1) is 5.41 Å². The molecule has 0 heterocycles. The van der Waals surface area contributed by atoms with Gasteiger partial charge in [0.2, 0.25) is 0 Å². The molecule has 0 N–H and O–H groups in total. The Morgan fingerprint density at radius 1 is 0.905 bits per heavy atom. The van der Waals surface area contributed by atoms with E-state index in [1.807, 2.05) is 30.3 Å². The summed E-state index contributed by atoms with van der Waals surface area (Å²) in [4.78, 5) is 24.3. The minimum atomic E-state index is -0.577. The first-order chi connectivity index (χ1) is 9.88. The maximum atomic E-state index is 12.4. The Labute approximate surface area is 123 Å². The fourth-order valence-corrected chi connectivity index (χ4v) is 2.33. The molecule has 21 heavy (non-hydrogen) atoms. The highest BCUT2D eigenvalue weighted by Gasteiger charge is 2.28. The molecule has 0 bridgehead atoms. The molecule has 3 rings (SSSR count). The lowest BCUT2D eigenvalue weighted by atomic mass is 9.97. The van der Waals surface area contributed by atoms with Crippen LogP contribution in [0.25, 0.3) is 11.1 Å². The summed E-state index contributed by atoms with van der Waals surface area (Å²) in [6.07, 6.45) is 0. The highest BCUT2D eigenvalue weighted by molar-refractivity contribution is 6.21. The molecule has 106 valence electrons. The van der Waals surface area contributed by atoms with Crippen molar-refractivity contribution in [3.8, 4) is 16.9 Å². The van der Waals surface area contributed by atoms with Crippen LogP contribution in [0.15, 0.2) is 42.5 Å². The van der Waals surface area contributed by atoms with E-state index in [0.717, 1.165) is 11.1 Å². The van der Waals surface area contributed by atoms with Crippen LogP contribution in [0.5, 0.6) is 5.75 Å². The van der Waals surface area contributed by atoms with E-state index >= 15 is 0 Å². The Kier molecular flexibility index (Phi) is 2.94. The van der Waals surface area contributed by atoms with Crippen LogP contribution in [0.2, 0.25) is 0 Å². The van der Waals surface area contributed by atoms with E-state index in [1.54, 1.807) is 32.9 Å². The smallest absolute Gasteiger partial charge is 0.316 e. The number of benzene rings is 2. The van der Waals surface area contributed by atoms with E-state index in [1.165, 1.54) is 0 Å². The molecular weight excluding hydrogens is 264 g/mol. The van der Waals surface area contributed by atoms with Crippen LogP contribution in [0.4, 0.5) is 0 Å². The van der Waals surface area contributed by atoms with Crippen molar-refractivity contribution in [2.45, 2.75) is 20.8 Å². The molecule has 0 aromatic heterocycles. The van der Waals surface area contributed by atoms with Crippen molar-refractivity contribution in [3.05, 3.63) is 53.6 Å². The molecule has 2 aromatic carbocycles. The number of esters is 1. The molecule has 0 spiro atoms. The molecular formula is C18H16O3. The predicted octanol–water partition coefficient (Wildman–Crippen LogP) is 3.85. The van der Waals surface area contributed by atoms with Gasteiger partial charge in [0, 0.05) is 11.1 Å². The van der Waals surface area contributed by atoms with Crippen LogP contribution < -0.4 is 4.74 Å². The summed E-state index contributed by atoms with van der Waals surface area (Å²) < 4.78 is 5.36. The van der Waals surface area contributed by atoms with Crippen LogP contribution in [-0.2, 0) is 4.79 Å². The zero-order valence-electron chi connectivity index (χ0n) is 12.3. The van der Waals surface area contributed by atoms with Crippen molar-refractivity contribution in [1.82, 2.24) is 0 Å². The number of carbonyl (C=O) groups excluding carboxylic acids is 2. The Hall–Kier alpha value is -2.42. The summed E-state index contributed by atoms with van der Waals surface area (Å²) in [6, 6.07) is 12.7. The van der Waals surface area contributed by atoms with Gasteiger partial charge in [0.1, 0.15) is 5.75 Å². The minimum Gasteiger partial charge on any atom is -0.426 e. The maximum absolute atomic E-state index is 12.4. The molecule has 0 aliphatic heterocycles. The van der Waals surface area contributed by atoms with Crippen LogP contribution >= 0.6 is 0 Å². The summed E-state index contributed by atoms with van der Waals surface area (Å²) in [6.45, 7) is 5.39. The summed E-state index contributed by atoms with van der Waals surface area (Å²) in [5.74, 6) is 0.0782. The van der Waals surface area contributed by atoms with E-state index in [4.69, 9.17) is 4.74 Å². The standard InChI is InChI=1S/C18H16O3/c1-18(2,3)17(20)21-11-8-9-13-12-6-4-5-7-14(12)16(19)15(13)10-11/h4-10H,1-3H3. The van der Waals surface area contributed by atoms with Crippen LogP contribution in [-0.4, -0.2) is 11.8 Å². The number of ether oxygens (including phenoxy) is 1. The van der Waals surface area contributed by atoms with Crippen molar-refractivity contribution in [1.29, 1.82) is 0 Å². The van der Waals surface area contributed by atoms with Crippen molar-refractivity contribution >= 4 is 11.8 Å². The fraction of sp³-hybridized carbons (Fsp3) is 0.222. The van der Waals surface area contributed by atoms with E-state index in [0.29, 0.717) is 16.9 Å². The van der Waals surface area contributed by atoms with E-state index in [9.17, 15) is 9.59 Å². The van der Waals surface area contributed by atoms with Gasteiger partial charge in [-0.3, -0.25) is 9.59 Å². The number of fused-ring (bicyclic) bond motifs is 3. The SMILES string of the molecule is CC(C)(C)C(=O)Oc1ccc2c(c1)C(=O)c1ccccc1-2. The number of carbonyl (C=O) groups is 2. The third-order valence-corrected chi connectivity index (χ3v) is 3.52. The zero-order valence-corrected chi connectivity index (χ0v) is 12.3. The lowest BCUT2D eigenvalue weighted by molar-refractivity contribution is -0.143. The van der Waals surface area contributed by atoms with Gasteiger partial charge in [0.15, 0.2) is 5.78 Å². The van der Waals surface area contributed by atoms with Crippen molar-refractivity contribution in [3.63, 3.8) is 0 Å². The number of hydrogen-bond donors (Lipinski definition) is 0. The molecule has 0 atom stereocenters. The van der Waals surface area contributed by atoms with Gasteiger partial charge in [-0.15, -0.1) is 0 Å². The first kappa shape index (κ1) is 13.6. The van der Waals surface area contributed by atoms with Crippen LogP contribution in [0, 0.1) is 5.41 Å². The van der Waals surface area contributed by atoms with Gasteiger partial charge in [-0.2, -0.15) is 0 Å². The van der Waals surface area contributed by atoms with Gasteiger partial charge in [-0.25, -0.2) is 0 Å². The van der Waals surface area contributed by atoms with E-state index in [-0.39, 0.29) is 11.8 Å². The predicted molar refractivity (Wildman–Crippen MR) is 80.4 cm³/mol. The lowest BCUT2D eigenvalue weighted by Crippen LogP contribution is -2.25. The van der Waals surface area contributed by atoms with Crippen LogP contribution in [0.3, 0.4) is 0 Å². The van der Waals surface area contributed by atoms with Crippen LogP contribution in [0.1, 0.15) is 36.7 Å². The van der Waals surface area contributed by atoms with Gasteiger partial charge < -0.3 is 4.74 Å². The second-order valence-corrected chi connectivity index (χ2v) is 6.22. The van der Waals surface area contributed by atoms with Crippen molar-refractivity contribution < 1.29 is 14.3 Å². The summed E-state index contributed by atoms with van der Waals surface area (Å²) in [5.41, 5.74) is 2.55. The lowest BCUT2D eigenvalue weighted by Gasteiger charge is -2.16. The molecule has 0 saturated carbocycles. The minimum absolute atomic E-state index is 0.0192. The Morgan fingerprint density at radius 2 is 1.52 bits per heavy atom. The monoisotopic (exact) mass is 280 g/mol. The summed E-state index contributed by atoms with van der Waals surface area (Å²) in [5, 5.41) is 0. The molecule has 2 aromatic rings. The number of ketones is 1. The first-order valence-corrected chi connectivity index (χ1v) is 6.88. The first-order valence-electron chi connectivity index (χ1n) is 6.88. The Morgan fingerprint density at radius 3 is 2.19 bits per heavy atom. The Bertz CT molecular complexity index is 751. The largest absolute Gasteiger partial charge is 0.426 e. The van der Waals surface area contributed by atoms with Gasteiger partial charge >= 0.3 is 5.97 Å². The topological polar surface area (TPSA) is 43.4 Å². The quantitative estimate of drug-likeness (QED) is 0.502. The normalized spacial score (nSPS) is 12.8. The van der Waals surface area contributed by atoms with E-state index < -0.39 is 5.41 Å². The van der Waals surface area contributed by atoms with E-state index in [2.05, 4.69) is 0 Å². The van der Waals surface area contributed by atoms with Crippen molar-refractivity contribution in [2.24, 2.45) is 5.41 Å². The highest BCUT2D eigenvalue weighted by atomic mass is 16.5. The van der Waals surface area contributed by atoms with Crippen molar-refractivity contribution in [2.75, 3.05) is 0 Å². The molecule has 1 aliphatic rings. The summed E-state index contributed by atoms with van der Waals surface area (Å²) >= 11 is 0. The molecule has 3 heteroatoms. The molecule has 0 saturated heterocycles. The molecule has 0 unspecified atom stereocenters. The number of hydrogen-bond acceptors (Lipinski definition) is 3. The third-order valence-electron chi connectivity index (χ3n) is 3.52. The number of rotatable bonds is 1. The molecule has 0 fully saturated rings. The average molecular weight is 280 g/mol. The second kappa shape index (κ2) is 4.55. The third kappa shape index (κ3) is 2.25.